The summed E-state index contributed by atoms with van der Waals surface area (Å²) >= 11 is 0. The number of nitrogens with one attached hydrogen (secondary N) is 1. The lowest BCUT2D eigenvalue weighted by Crippen LogP contribution is -2.56. The van der Waals surface area contributed by atoms with Crippen LogP contribution in [0.4, 0.5) is 0 Å². The molecule has 4 N–H and O–H groups in total. The average molecular weight is 347 g/mol. The van der Waals surface area contributed by atoms with E-state index in [1.807, 2.05) is 0 Å². The van der Waals surface area contributed by atoms with E-state index in [0.29, 0.717) is 24.5 Å². The first kappa shape index (κ1) is 18.2. The Morgan fingerprint density at radius 1 is 1.20 bits per heavy atom. The van der Waals surface area contributed by atoms with Gasteiger partial charge in [0.25, 0.3) is 5.91 Å². The predicted octanol–water partition coefficient (Wildman–Crippen LogP) is 1.13. The Morgan fingerprint density at radius 3 is 2.60 bits per heavy atom. The second-order valence-corrected chi connectivity index (χ2v) is 6.97. The van der Waals surface area contributed by atoms with Gasteiger partial charge < -0.3 is 20.9 Å². The summed E-state index contributed by atoms with van der Waals surface area (Å²) in [7, 11) is 0. The number of nitrogens with zero attached hydrogens (tertiary/aromatic N) is 1. The fourth-order valence-electron chi connectivity index (χ4n) is 3.92. The number of ether oxygens (including phenoxy) is 1. The Hall–Kier alpha value is -1.63. The molecule has 3 rings (SSSR count). The van der Waals surface area contributed by atoms with Crippen LogP contribution in [0.15, 0.2) is 24.3 Å². The van der Waals surface area contributed by atoms with Crippen molar-refractivity contribution in [2.75, 3.05) is 26.2 Å². The number of aliphatic hydroxyl groups is 1. The Balaban J connectivity index is 1.57. The van der Waals surface area contributed by atoms with Gasteiger partial charge in [-0.25, -0.2) is 0 Å². The minimum absolute atomic E-state index is 0.142. The fourth-order valence-corrected chi connectivity index (χ4v) is 3.92. The van der Waals surface area contributed by atoms with Crippen LogP contribution in [0.5, 0.6) is 5.75 Å². The van der Waals surface area contributed by atoms with E-state index in [1.54, 1.807) is 24.3 Å². The first-order valence-electron chi connectivity index (χ1n) is 9.35. The fraction of sp³-hybridized carbons (Fsp3) is 0.632. The maximum Gasteiger partial charge on any atom is 0.251 e. The summed E-state index contributed by atoms with van der Waals surface area (Å²) in [5.74, 6) is 0.560. The minimum Gasteiger partial charge on any atom is -0.492 e. The molecule has 0 aromatic heterocycles. The van der Waals surface area contributed by atoms with Crippen LogP contribution in [0, 0.1) is 0 Å². The highest BCUT2D eigenvalue weighted by Crippen LogP contribution is 2.27. The maximum atomic E-state index is 12.5. The van der Waals surface area contributed by atoms with Gasteiger partial charge in [0, 0.05) is 18.2 Å². The van der Waals surface area contributed by atoms with E-state index in [-0.39, 0.29) is 18.0 Å². The molecule has 0 spiro atoms. The van der Waals surface area contributed by atoms with Crippen LogP contribution >= 0.6 is 0 Å². The van der Waals surface area contributed by atoms with Crippen molar-refractivity contribution in [3.63, 3.8) is 0 Å². The number of aliphatic hydroxyl groups excluding tert-OH is 1. The van der Waals surface area contributed by atoms with Gasteiger partial charge in [-0.1, -0.05) is 0 Å². The van der Waals surface area contributed by atoms with E-state index in [9.17, 15) is 9.90 Å². The molecule has 0 bridgehead atoms. The topological polar surface area (TPSA) is 87.8 Å². The molecule has 1 aromatic carbocycles. The second-order valence-electron chi connectivity index (χ2n) is 6.97. The lowest BCUT2D eigenvalue weighted by atomic mass is 9.87. The van der Waals surface area contributed by atoms with Gasteiger partial charge >= 0.3 is 0 Å². The van der Waals surface area contributed by atoms with Gasteiger partial charge in [-0.3, -0.25) is 9.69 Å². The number of hydrogen-bond acceptors (Lipinski definition) is 5. The number of hydrogen-bond donors (Lipinski definition) is 3. The third kappa shape index (κ3) is 4.51. The van der Waals surface area contributed by atoms with Crippen LogP contribution in [-0.2, 0) is 0 Å². The van der Waals surface area contributed by atoms with Crippen molar-refractivity contribution in [3.05, 3.63) is 29.8 Å². The standard InChI is InChI=1S/C19H29N3O3/c20-10-13-25-15-8-6-14(7-9-15)19(24)21-16-4-3-5-17(18(16)23)22-11-1-2-12-22/h6-9,16-18,23H,1-5,10-13,20H2,(H,21,24)/t16-,17-,18-/m1/s1. The van der Waals surface area contributed by atoms with Crippen molar-refractivity contribution >= 4 is 5.91 Å². The molecule has 1 aliphatic heterocycles. The summed E-state index contributed by atoms with van der Waals surface area (Å²) in [4.78, 5) is 14.9. The van der Waals surface area contributed by atoms with Gasteiger partial charge in [-0.05, 0) is 69.5 Å². The molecular formula is C19H29N3O3. The van der Waals surface area contributed by atoms with E-state index in [0.717, 1.165) is 32.4 Å². The van der Waals surface area contributed by atoms with Crippen molar-refractivity contribution in [2.45, 2.75) is 50.3 Å². The Bertz CT molecular complexity index is 558. The molecule has 6 heteroatoms. The number of nitrogens with two attached hydrogens (primary N) is 1. The van der Waals surface area contributed by atoms with Crippen molar-refractivity contribution < 1.29 is 14.6 Å². The van der Waals surface area contributed by atoms with Crippen LogP contribution in [0.2, 0.25) is 0 Å². The van der Waals surface area contributed by atoms with Gasteiger partial charge in [0.15, 0.2) is 0 Å². The zero-order valence-electron chi connectivity index (χ0n) is 14.7. The summed E-state index contributed by atoms with van der Waals surface area (Å²) < 4.78 is 5.43. The Morgan fingerprint density at radius 2 is 1.92 bits per heavy atom. The summed E-state index contributed by atoms with van der Waals surface area (Å²) in [5, 5.41) is 13.8. The molecule has 1 aromatic rings. The molecule has 1 saturated carbocycles. The van der Waals surface area contributed by atoms with Gasteiger partial charge in [-0.15, -0.1) is 0 Å². The molecule has 3 atom stereocenters. The quantitative estimate of drug-likeness (QED) is 0.718. The first-order chi connectivity index (χ1) is 12.2. The molecule has 2 aliphatic rings. The van der Waals surface area contributed by atoms with E-state index in [2.05, 4.69) is 10.2 Å². The molecule has 25 heavy (non-hydrogen) atoms. The van der Waals surface area contributed by atoms with Crippen molar-refractivity contribution in [2.24, 2.45) is 5.73 Å². The van der Waals surface area contributed by atoms with Crippen LogP contribution < -0.4 is 15.8 Å². The normalized spacial score (nSPS) is 27.2. The monoisotopic (exact) mass is 347 g/mol. The summed E-state index contributed by atoms with van der Waals surface area (Å²) in [6, 6.07) is 7.03. The van der Waals surface area contributed by atoms with E-state index < -0.39 is 6.10 Å². The number of carbonyl (C=O) groups is 1. The molecule has 6 nitrogen and oxygen atoms in total. The van der Waals surface area contributed by atoms with Gasteiger partial charge in [0.05, 0.1) is 12.1 Å². The highest BCUT2D eigenvalue weighted by molar-refractivity contribution is 5.94. The molecule has 138 valence electrons. The van der Waals surface area contributed by atoms with Crippen LogP contribution in [0.1, 0.15) is 42.5 Å². The van der Waals surface area contributed by atoms with E-state index >= 15 is 0 Å². The highest BCUT2D eigenvalue weighted by atomic mass is 16.5. The first-order valence-corrected chi connectivity index (χ1v) is 9.35. The maximum absolute atomic E-state index is 12.5. The molecular weight excluding hydrogens is 318 g/mol. The van der Waals surface area contributed by atoms with Crippen molar-refractivity contribution in [1.82, 2.24) is 10.2 Å². The summed E-state index contributed by atoms with van der Waals surface area (Å²) in [6.45, 7) is 3.04. The molecule has 1 saturated heterocycles. The lowest BCUT2D eigenvalue weighted by molar-refractivity contribution is 0.00704. The second kappa shape index (κ2) is 8.65. The average Bonchev–Trinajstić information content (AvgIpc) is 3.16. The molecule has 1 heterocycles. The molecule has 0 unspecified atom stereocenters. The van der Waals surface area contributed by atoms with Crippen LogP contribution in [0.3, 0.4) is 0 Å². The van der Waals surface area contributed by atoms with Gasteiger partial charge in [0.1, 0.15) is 12.4 Å². The largest absolute Gasteiger partial charge is 0.492 e. The Kier molecular flexibility index (Phi) is 6.29. The zero-order chi connectivity index (χ0) is 17.6. The molecule has 0 radical (unpaired) electrons. The van der Waals surface area contributed by atoms with Gasteiger partial charge in [0.2, 0.25) is 0 Å². The summed E-state index contributed by atoms with van der Waals surface area (Å²) in [6.07, 6.45) is 4.80. The molecule has 2 fully saturated rings. The number of rotatable bonds is 6. The minimum atomic E-state index is -0.497. The zero-order valence-corrected chi connectivity index (χ0v) is 14.7. The van der Waals surface area contributed by atoms with Crippen molar-refractivity contribution in [3.8, 4) is 5.75 Å². The molecule has 1 aliphatic carbocycles. The Labute approximate surface area is 149 Å². The van der Waals surface area contributed by atoms with Crippen LogP contribution in [0.25, 0.3) is 0 Å². The highest BCUT2D eigenvalue weighted by Gasteiger charge is 2.37. The SMILES string of the molecule is NCCOc1ccc(C(=O)N[C@@H]2CCC[C@@H](N3CCCC3)[C@@H]2O)cc1. The number of benzene rings is 1. The number of amides is 1. The third-order valence-electron chi connectivity index (χ3n) is 5.25. The number of likely N-dealkylation sites (tertiary alicyclic amines) is 1. The van der Waals surface area contributed by atoms with Crippen LogP contribution in [-0.4, -0.2) is 60.3 Å². The smallest absolute Gasteiger partial charge is 0.251 e. The third-order valence-corrected chi connectivity index (χ3v) is 5.25. The molecule has 1 amide bonds. The lowest BCUT2D eigenvalue weighted by Gasteiger charge is -2.40. The number of carbonyl (C=O) groups excluding carboxylic acids is 1. The van der Waals surface area contributed by atoms with E-state index in [1.165, 1.54) is 12.8 Å². The summed E-state index contributed by atoms with van der Waals surface area (Å²) in [5.41, 5.74) is 5.99. The van der Waals surface area contributed by atoms with Crippen molar-refractivity contribution in [1.29, 1.82) is 0 Å². The predicted molar refractivity (Wildman–Crippen MR) is 96.7 cm³/mol. The van der Waals surface area contributed by atoms with Gasteiger partial charge in [-0.2, -0.15) is 0 Å². The van der Waals surface area contributed by atoms with E-state index in [4.69, 9.17) is 10.5 Å².